The molecule has 0 atom stereocenters. The summed E-state index contributed by atoms with van der Waals surface area (Å²) < 4.78 is 7.84. The number of carbonyl (C=O) groups excluding carboxylic acids is 1. The monoisotopic (exact) mass is 414 g/mol. The summed E-state index contributed by atoms with van der Waals surface area (Å²) in [6.45, 7) is 6.62. The number of carbonyl (C=O) groups is 1. The molecule has 2 aromatic heterocycles. The number of fused-ring (bicyclic) bond motifs is 1. The first kappa shape index (κ1) is 21.2. The third-order valence-electron chi connectivity index (χ3n) is 6.11. The topological polar surface area (TPSA) is 80.5 Å². The average Bonchev–Trinajstić information content (AvgIpc) is 3.01. The standard InChI is InChI=1S/C23H34N4O3/c1-23(2,29)16-18(28)8-3-4-9-21-24-19-10-11-20(26-12-14-30-15-13-26)25-22(19)27(21)17-6-5-7-17/h10-11,17,29H,3-9,12-16H2,1-2H3. The fourth-order valence-electron chi connectivity index (χ4n) is 4.36. The Morgan fingerprint density at radius 3 is 2.63 bits per heavy atom. The van der Waals surface area contributed by atoms with Crippen LogP contribution in [0, 0.1) is 0 Å². The van der Waals surface area contributed by atoms with E-state index in [2.05, 4.69) is 21.6 Å². The first-order chi connectivity index (χ1) is 14.4. The quantitative estimate of drug-likeness (QED) is 0.633. The number of rotatable bonds is 9. The van der Waals surface area contributed by atoms with Crippen LogP contribution in [-0.2, 0) is 16.0 Å². The third kappa shape index (κ3) is 5.01. The summed E-state index contributed by atoms with van der Waals surface area (Å²) in [6.07, 6.45) is 6.99. The zero-order valence-electron chi connectivity index (χ0n) is 18.3. The lowest BCUT2D eigenvalue weighted by Crippen LogP contribution is -2.36. The lowest BCUT2D eigenvalue weighted by Gasteiger charge is -2.30. The zero-order chi connectivity index (χ0) is 21.1. The van der Waals surface area contributed by atoms with Gasteiger partial charge in [-0.1, -0.05) is 0 Å². The number of hydrogen-bond acceptors (Lipinski definition) is 6. The summed E-state index contributed by atoms with van der Waals surface area (Å²) in [5.41, 5.74) is 1.04. The van der Waals surface area contributed by atoms with Crippen LogP contribution in [0.15, 0.2) is 12.1 Å². The Morgan fingerprint density at radius 1 is 1.20 bits per heavy atom. The lowest BCUT2D eigenvalue weighted by molar-refractivity contribution is -0.122. The van der Waals surface area contributed by atoms with Crippen LogP contribution in [0.2, 0.25) is 0 Å². The second kappa shape index (κ2) is 9.02. The van der Waals surface area contributed by atoms with Crippen LogP contribution in [0.4, 0.5) is 5.82 Å². The van der Waals surface area contributed by atoms with Gasteiger partial charge in [-0.25, -0.2) is 9.97 Å². The van der Waals surface area contributed by atoms with Gasteiger partial charge in [0, 0.05) is 38.4 Å². The van der Waals surface area contributed by atoms with Crippen molar-refractivity contribution < 1.29 is 14.6 Å². The van der Waals surface area contributed by atoms with Gasteiger partial charge in [0.1, 0.15) is 22.9 Å². The van der Waals surface area contributed by atoms with Gasteiger partial charge in [-0.3, -0.25) is 4.79 Å². The predicted octanol–water partition coefficient (Wildman–Crippen LogP) is 3.44. The number of anilines is 1. The van der Waals surface area contributed by atoms with Crippen molar-refractivity contribution in [1.29, 1.82) is 0 Å². The molecule has 0 unspecified atom stereocenters. The number of Topliss-reactive ketones (excluding diaryl/α,β-unsaturated/α-hetero) is 1. The minimum Gasteiger partial charge on any atom is -0.390 e. The van der Waals surface area contributed by atoms with E-state index in [0.29, 0.717) is 12.5 Å². The molecule has 0 radical (unpaired) electrons. The SMILES string of the molecule is CC(C)(O)CC(=O)CCCCc1nc2ccc(N3CCOCC3)nc2n1C1CCC1. The van der Waals surface area contributed by atoms with Gasteiger partial charge in [0.2, 0.25) is 0 Å². The largest absolute Gasteiger partial charge is 0.390 e. The Bertz CT molecular complexity index is 876. The molecule has 1 N–H and O–H groups in total. The summed E-state index contributed by atoms with van der Waals surface area (Å²) >= 11 is 0. The van der Waals surface area contributed by atoms with E-state index in [1.807, 2.05) is 0 Å². The number of unbranched alkanes of at least 4 members (excludes halogenated alkanes) is 1. The van der Waals surface area contributed by atoms with E-state index >= 15 is 0 Å². The van der Waals surface area contributed by atoms with Crippen LogP contribution in [0.5, 0.6) is 0 Å². The fourth-order valence-corrected chi connectivity index (χ4v) is 4.36. The second-order valence-electron chi connectivity index (χ2n) is 9.33. The van der Waals surface area contributed by atoms with Gasteiger partial charge >= 0.3 is 0 Å². The molecule has 0 amide bonds. The van der Waals surface area contributed by atoms with E-state index in [1.54, 1.807) is 13.8 Å². The Hall–Kier alpha value is -1.99. The van der Waals surface area contributed by atoms with E-state index in [4.69, 9.17) is 14.7 Å². The molecule has 2 aromatic rings. The Kier molecular flexibility index (Phi) is 6.39. The molecule has 1 aliphatic heterocycles. The molecule has 7 nitrogen and oxygen atoms in total. The van der Waals surface area contributed by atoms with Gasteiger partial charge in [0.15, 0.2) is 5.65 Å². The van der Waals surface area contributed by atoms with Crippen LogP contribution in [0.25, 0.3) is 11.2 Å². The molecule has 164 valence electrons. The lowest BCUT2D eigenvalue weighted by atomic mass is 9.92. The maximum absolute atomic E-state index is 12.0. The first-order valence-electron chi connectivity index (χ1n) is 11.4. The summed E-state index contributed by atoms with van der Waals surface area (Å²) in [6, 6.07) is 4.66. The van der Waals surface area contributed by atoms with Crippen molar-refractivity contribution in [3.8, 4) is 0 Å². The molecule has 2 fully saturated rings. The third-order valence-corrected chi connectivity index (χ3v) is 6.11. The molecular formula is C23H34N4O3. The number of nitrogens with zero attached hydrogens (tertiary/aromatic N) is 4. The average molecular weight is 415 g/mol. The second-order valence-corrected chi connectivity index (χ2v) is 9.33. The molecule has 3 heterocycles. The predicted molar refractivity (Wildman–Crippen MR) is 117 cm³/mol. The van der Waals surface area contributed by atoms with Crippen LogP contribution in [0.3, 0.4) is 0 Å². The molecule has 2 aliphatic rings. The number of ketones is 1. The van der Waals surface area contributed by atoms with Crippen molar-refractivity contribution in [2.45, 2.75) is 76.9 Å². The summed E-state index contributed by atoms with van der Waals surface area (Å²) in [5.74, 6) is 2.23. The van der Waals surface area contributed by atoms with E-state index < -0.39 is 5.60 Å². The van der Waals surface area contributed by atoms with Gasteiger partial charge in [0.25, 0.3) is 0 Å². The van der Waals surface area contributed by atoms with Gasteiger partial charge in [-0.2, -0.15) is 0 Å². The molecule has 30 heavy (non-hydrogen) atoms. The van der Waals surface area contributed by atoms with Crippen molar-refractivity contribution in [2.24, 2.45) is 0 Å². The van der Waals surface area contributed by atoms with Crippen molar-refractivity contribution >= 4 is 22.8 Å². The van der Waals surface area contributed by atoms with E-state index in [1.165, 1.54) is 19.3 Å². The maximum Gasteiger partial charge on any atom is 0.162 e. The number of aliphatic hydroxyl groups is 1. The highest BCUT2D eigenvalue weighted by Crippen LogP contribution is 2.36. The Balaban J connectivity index is 1.46. The van der Waals surface area contributed by atoms with Gasteiger partial charge in [0.05, 0.1) is 18.8 Å². The molecular weight excluding hydrogens is 380 g/mol. The Morgan fingerprint density at radius 2 is 1.97 bits per heavy atom. The molecule has 0 bridgehead atoms. The zero-order valence-corrected chi connectivity index (χ0v) is 18.3. The van der Waals surface area contributed by atoms with Gasteiger partial charge in [-0.05, 0) is 58.1 Å². The highest BCUT2D eigenvalue weighted by molar-refractivity contribution is 5.79. The van der Waals surface area contributed by atoms with Gasteiger partial charge in [-0.15, -0.1) is 0 Å². The molecule has 1 aliphatic carbocycles. The number of morpholine rings is 1. The molecule has 1 saturated carbocycles. The summed E-state index contributed by atoms with van der Waals surface area (Å²) in [5, 5.41) is 9.80. The minimum atomic E-state index is -0.918. The number of aromatic nitrogens is 3. The Labute approximate surface area is 178 Å². The van der Waals surface area contributed by atoms with Crippen LogP contribution in [0.1, 0.15) is 70.7 Å². The van der Waals surface area contributed by atoms with Crippen molar-refractivity contribution in [1.82, 2.24) is 14.5 Å². The number of pyridine rings is 1. The fraction of sp³-hybridized carbons (Fsp3) is 0.696. The summed E-state index contributed by atoms with van der Waals surface area (Å²) in [4.78, 5) is 24.2. The molecule has 0 spiro atoms. The van der Waals surface area contributed by atoms with E-state index in [0.717, 1.165) is 68.4 Å². The summed E-state index contributed by atoms with van der Waals surface area (Å²) in [7, 11) is 0. The number of hydrogen-bond donors (Lipinski definition) is 1. The maximum atomic E-state index is 12.0. The minimum absolute atomic E-state index is 0.131. The van der Waals surface area contributed by atoms with Crippen LogP contribution < -0.4 is 4.90 Å². The smallest absolute Gasteiger partial charge is 0.162 e. The van der Waals surface area contributed by atoms with Crippen LogP contribution >= 0.6 is 0 Å². The van der Waals surface area contributed by atoms with Gasteiger partial charge < -0.3 is 19.3 Å². The highest BCUT2D eigenvalue weighted by Gasteiger charge is 2.26. The van der Waals surface area contributed by atoms with E-state index in [-0.39, 0.29) is 12.2 Å². The molecule has 7 heteroatoms. The number of imidazole rings is 1. The van der Waals surface area contributed by atoms with E-state index in [9.17, 15) is 9.90 Å². The molecule has 4 rings (SSSR count). The van der Waals surface area contributed by atoms with Crippen molar-refractivity contribution in [3.63, 3.8) is 0 Å². The van der Waals surface area contributed by atoms with Crippen molar-refractivity contribution in [2.75, 3.05) is 31.2 Å². The molecule has 1 saturated heterocycles. The molecule has 0 aromatic carbocycles. The van der Waals surface area contributed by atoms with Crippen LogP contribution in [-0.4, -0.2) is 57.3 Å². The first-order valence-corrected chi connectivity index (χ1v) is 11.4. The highest BCUT2D eigenvalue weighted by atomic mass is 16.5. The number of aryl methyl sites for hydroxylation is 1. The normalized spacial score (nSPS) is 18.0. The van der Waals surface area contributed by atoms with Crippen molar-refractivity contribution in [3.05, 3.63) is 18.0 Å². The number of ether oxygens (including phenoxy) is 1.